The highest BCUT2D eigenvalue weighted by molar-refractivity contribution is 6.02. The summed E-state index contributed by atoms with van der Waals surface area (Å²) in [6.45, 7) is 8.09. The summed E-state index contributed by atoms with van der Waals surface area (Å²) in [5, 5.41) is 17.4. The summed E-state index contributed by atoms with van der Waals surface area (Å²) in [6, 6.07) is 0.507. The summed E-state index contributed by atoms with van der Waals surface area (Å²) in [7, 11) is 0. The van der Waals surface area contributed by atoms with Crippen LogP contribution in [0.15, 0.2) is 0 Å². The molecule has 5 aliphatic rings. The van der Waals surface area contributed by atoms with Gasteiger partial charge >= 0.3 is 24.1 Å². The number of carbonyl (C=O) groups excluding carboxylic acids is 14. The minimum absolute atomic E-state index is 0.0284. The third-order valence-electron chi connectivity index (χ3n) is 12.2. The molecule has 3 saturated carbocycles. The van der Waals surface area contributed by atoms with Crippen LogP contribution in [0.4, 0.5) is 9.59 Å². The van der Waals surface area contributed by atoms with Crippen molar-refractivity contribution in [3.8, 4) is 0 Å². The highest BCUT2D eigenvalue weighted by Gasteiger charge is 2.36. The third kappa shape index (κ3) is 31.2. The molecule has 0 bridgehead atoms. The lowest BCUT2D eigenvalue weighted by Crippen LogP contribution is -2.47. The molecule has 5 rings (SSSR count). The molecule has 2 atom stereocenters. The summed E-state index contributed by atoms with van der Waals surface area (Å²) in [6.07, 6.45) is 7.83. The van der Waals surface area contributed by atoms with Gasteiger partial charge in [0.1, 0.15) is 37.4 Å². The smallest absolute Gasteiger partial charge is 0.407 e. The molecule has 2 heterocycles. The Kier molecular flexibility index (Phi) is 29.4. The van der Waals surface area contributed by atoms with Gasteiger partial charge in [0.05, 0.1) is 12.1 Å². The van der Waals surface area contributed by atoms with Crippen molar-refractivity contribution >= 4 is 83.2 Å². The molecule has 84 heavy (non-hydrogen) atoms. The maximum Gasteiger partial charge on any atom is 0.407 e. The number of amides is 12. The van der Waals surface area contributed by atoms with E-state index in [9.17, 15) is 67.1 Å². The van der Waals surface area contributed by atoms with Crippen LogP contribution in [0.25, 0.3) is 0 Å². The second kappa shape index (κ2) is 34.9. The fourth-order valence-corrected chi connectivity index (χ4v) is 7.48. The van der Waals surface area contributed by atoms with Crippen LogP contribution >= 0.6 is 0 Å². The number of alkyl carbamates (subject to hydrolysis) is 2. The lowest BCUT2D eigenvalue weighted by Gasteiger charge is -2.23. The number of rotatable bonds is 32. The maximum absolute atomic E-state index is 13.0. The van der Waals surface area contributed by atoms with Crippen molar-refractivity contribution in [3.63, 3.8) is 0 Å². The standard InChI is InChI=1S/C30H54N8O7.C20H26N4O11.C3H7N/c1-30(2,3)45-29(44)35-17-14-26(41)38(18-24(39)33-15-6-4-8-22(27(31)42)36-20-10-11-20)19-25(40)34-16-7-5-9-23(28(32)43)37-21-12-13-21;1-20(2,3)33-19(32)21-9-8-12(25)22(10-17(30)34-23-13(26)4-5-14(23)27)11-18(31)35-24-15(28)6-7-16(24)29;4-3-1-2-3/h20-23,36-37H,4-19H2,1-3H3,(H2,31,42)(H2,32,43)(H,33,39)(H,34,40)(H,35,44);4-11H2,1-3H3,(H,21,32);3H,1-2,4H2. The van der Waals surface area contributed by atoms with E-state index in [0.29, 0.717) is 74.6 Å². The number of nitrogens with zero attached hydrogens (tertiary/aromatic N) is 4. The number of primary amides is 2. The molecule has 0 aromatic carbocycles. The average molecular weight is 1190 g/mol. The van der Waals surface area contributed by atoms with Gasteiger partial charge in [-0.1, -0.05) is 0 Å². The van der Waals surface area contributed by atoms with Crippen LogP contribution < -0.4 is 49.1 Å². The number of hydrogen-bond acceptors (Lipinski definition) is 21. The Morgan fingerprint density at radius 1 is 0.500 bits per heavy atom. The Hall–Kier alpha value is -7.54. The molecule has 472 valence electrons. The molecule has 0 aromatic heterocycles. The normalized spacial score (nSPS) is 16.3. The van der Waals surface area contributed by atoms with Crippen molar-refractivity contribution in [2.45, 2.75) is 199 Å². The highest BCUT2D eigenvalue weighted by atomic mass is 16.7. The van der Waals surface area contributed by atoms with Gasteiger partial charge in [-0.15, -0.1) is 10.1 Å². The molecule has 0 aromatic rings. The SMILES string of the molecule is CC(C)(C)OC(=O)NCCC(=O)N(CC(=O)NCCCCC(NC1CC1)C(N)=O)CC(=O)NCCCCC(NC1CC1)C(N)=O.CC(C)(C)OC(=O)NCCC(=O)N(CC(=O)ON1C(=O)CCC1=O)CC(=O)ON1C(=O)CCC1=O.NC1CC1. The van der Waals surface area contributed by atoms with Crippen molar-refractivity contribution in [2.75, 3.05) is 52.4 Å². The first-order valence-electron chi connectivity index (χ1n) is 28.4. The fourth-order valence-electron chi connectivity index (χ4n) is 7.48. The Bertz CT molecular complexity index is 2210. The van der Waals surface area contributed by atoms with E-state index < -0.39 is 108 Å². The first kappa shape index (κ1) is 70.7. The Labute approximate surface area is 488 Å². The van der Waals surface area contributed by atoms with E-state index >= 15 is 0 Å². The summed E-state index contributed by atoms with van der Waals surface area (Å²) in [5.74, 6) is -8.33. The summed E-state index contributed by atoms with van der Waals surface area (Å²) in [4.78, 5) is 180. The van der Waals surface area contributed by atoms with E-state index in [4.69, 9.17) is 36.3 Å². The molecular formula is C53H87N13O18. The van der Waals surface area contributed by atoms with Crippen LogP contribution in [-0.2, 0) is 76.7 Å². The van der Waals surface area contributed by atoms with Gasteiger partial charge in [0, 0.05) is 82.8 Å². The topological polar surface area (TPSA) is 439 Å². The molecule has 2 saturated heterocycles. The van der Waals surface area contributed by atoms with Crippen LogP contribution in [-0.4, -0.2) is 197 Å². The number of unbranched alkanes of at least 4 members (excludes halogenated alkanes) is 2. The first-order valence-corrected chi connectivity index (χ1v) is 28.4. The van der Waals surface area contributed by atoms with E-state index in [-0.39, 0.29) is 86.6 Å². The predicted octanol–water partition coefficient (Wildman–Crippen LogP) is -1.43. The molecule has 31 heteroatoms. The molecular weight excluding hydrogens is 1110 g/mol. The number of nitrogens with one attached hydrogen (secondary N) is 6. The van der Waals surface area contributed by atoms with Crippen molar-refractivity contribution in [2.24, 2.45) is 17.2 Å². The predicted molar refractivity (Wildman–Crippen MR) is 294 cm³/mol. The van der Waals surface area contributed by atoms with Gasteiger partial charge in [-0.05, 0) is 119 Å². The van der Waals surface area contributed by atoms with Gasteiger partial charge < -0.3 is 78.1 Å². The molecule has 5 fully saturated rings. The highest BCUT2D eigenvalue weighted by Crippen LogP contribution is 2.22. The third-order valence-corrected chi connectivity index (χ3v) is 12.2. The van der Waals surface area contributed by atoms with Crippen molar-refractivity contribution < 1.29 is 86.3 Å². The van der Waals surface area contributed by atoms with E-state index in [1.807, 2.05) is 0 Å². The van der Waals surface area contributed by atoms with Crippen LogP contribution in [0.2, 0.25) is 0 Å². The van der Waals surface area contributed by atoms with Gasteiger partial charge in [0.2, 0.25) is 35.4 Å². The van der Waals surface area contributed by atoms with E-state index in [2.05, 4.69) is 31.9 Å². The van der Waals surface area contributed by atoms with E-state index in [0.717, 1.165) is 30.6 Å². The Morgan fingerprint density at radius 3 is 1.11 bits per heavy atom. The minimum Gasteiger partial charge on any atom is -0.444 e. The molecule has 3 aliphatic carbocycles. The van der Waals surface area contributed by atoms with Crippen LogP contribution in [0.3, 0.4) is 0 Å². The van der Waals surface area contributed by atoms with Crippen molar-refractivity contribution in [1.29, 1.82) is 0 Å². The largest absolute Gasteiger partial charge is 0.444 e. The number of hydroxylamine groups is 4. The van der Waals surface area contributed by atoms with Crippen LogP contribution in [0, 0.1) is 0 Å². The molecule has 0 spiro atoms. The zero-order valence-electron chi connectivity index (χ0n) is 49.1. The molecule has 0 radical (unpaired) electrons. The number of ether oxygens (including phenoxy) is 2. The summed E-state index contributed by atoms with van der Waals surface area (Å²) >= 11 is 0. The molecule has 31 nitrogen and oxygen atoms in total. The number of hydrogen-bond donors (Lipinski definition) is 9. The molecule has 12 amide bonds. The second-order valence-electron chi connectivity index (χ2n) is 22.8. The number of nitrogens with two attached hydrogens (primary N) is 3. The minimum atomic E-state index is -1.21. The van der Waals surface area contributed by atoms with Crippen LogP contribution in [0.5, 0.6) is 0 Å². The van der Waals surface area contributed by atoms with E-state index in [1.54, 1.807) is 41.5 Å². The lowest BCUT2D eigenvalue weighted by atomic mass is 10.1. The van der Waals surface area contributed by atoms with Gasteiger partial charge in [-0.25, -0.2) is 19.2 Å². The van der Waals surface area contributed by atoms with Crippen LogP contribution in [0.1, 0.15) is 157 Å². The van der Waals surface area contributed by atoms with Gasteiger partial charge in [0.15, 0.2) is 0 Å². The number of imide groups is 2. The van der Waals surface area contributed by atoms with Crippen molar-refractivity contribution in [1.82, 2.24) is 51.8 Å². The molecule has 2 unspecified atom stereocenters. The summed E-state index contributed by atoms with van der Waals surface area (Å²) in [5.41, 5.74) is 14.7. The quantitative estimate of drug-likeness (QED) is 0.0275. The van der Waals surface area contributed by atoms with Gasteiger partial charge in [-0.3, -0.25) is 47.9 Å². The molecule has 12 N–H and O–H groups in total. The Balaban J connectivity index is 0.000000422. The van der Waals surface area contributed by atoms with Gasteiger partial charge in [0.25, 0.3) is 23.6 Å². The zero-order valence-corrected chi connectivity index (χ0v) is 49.1. The second-order valence-corrected chi connectivity index (χ2v) is 22.8. The fraction of sp³-hybridized carbons (Fsp3) is 0.736. The Morgan fingerprint density at radius 2 is 0.821 bits per heavy atom. The summed E-state index contributed by atoms with van der Waals surface area (Å²) < 4.78 is 10.2. The van der Waals surface area contributed by atoms with E-state index in [1.165, 1.54) is 12.8 Å². The van der Waals surface area contributed by atoms with Crippen molar-refractivity contribution in [3.05, 3.63) is 0 Å². The number of carbonyl (C=O) groups is 14. The lowest BCUT2D eigenvalue weighted by molar-refractivity contribution is -0.201. The molecule has 2 aliphatic heterocycles. The van der Waals surface area contributed by atoms with Gasteiger partial charge in [-0.2, -0.15) is 0 Å². The maximum atomic E-state index is 13.0. The first-order chi connectivity index (χ1) is 39.4. The average Bonchev–Trinajstić information content (AvgIpc) is 4.36. The monoisotopic (exact) mass is 1190 g/mol. The zero-order chi connectivity index (χ0) is 62.7.